The molecule has 0 fully saturated rings. The fourth-order valence-electron chi connectivity index (χ4n) is 3.29. The zero-order valence-electron chi connectivity index (χ0n) is 15.8. The smallest absolute Gasteiger partial charge is 0.291 e. The van der Waals surface area contributed by atoms with Crippen LogP contribution in [0.5, 0.6) is 0 Å². The van der Waals surface area contributed by atoms with Gasteiger partial charge in [-0.3, -0.25) is 19.6 Å². The summed E-state index contributed by atoms with van der Waals surface area (Å²) in [5, 5.41) is 7.08. The number of amides is 2. The molecule has 1 aliphatic rings. The maximum atomic E-state index is 12.7. The van der Waals surface area contributed by atoms with E-state index in [1.807, 2.05) is 6.92 Å². The number of nitrogens with zero attached hydrogens (tertiary/aromatic N) is 3. The number of aryl methyl sites for hydroxylation is 1. The van der Waals surface area contributed by atoms with Gasteiger partial charge < -0.3 is 9.73 Å². The van der Waals surface area contributed by atoms with Crippen LogP contribution in [0.25, 0.3) is 0 Å². The summed E-state index contributed by atoms with van der Waals surface area (Å²) in [5.41, 5.74) is 5.60. The molecule has 0 aliphatic heterocycles. The van der Waals surface area contributed by atoms with Gasteiger partial charge in [-0.05, 0) is 44.0 Å². The highest BCUT2D eigenvalue weighted by Crippen LogP contribution is 2.30. The first-order chi connectivity index (χ1) is 14.1. The third-order valence-corrected chi connectivity index (χ3v) is 4.64. The summed E-state index contributed by atoms with van der Waals surface area (Å²) in [6.07, 6.45) is 6.96. The van der Waals surface area contributed by atoms with E-state index in [9.17, 15) is 9.59 Å². The second kappa shape index (κ2) is 8.05. The van der Waals surface area contributed by atoms with Crippen molar-refractivity contribution in [3.63, 3.8) is 0 Å². The van der Waals surface area contributed by atoms with E-state index in [2.05, 4.69) is 25.8 Å². The Morgan fingerprint density at radius 2 is 2.00 bits per heavy atom. The highest BCUT2D eigenvalue weighted by Gasteiger charge is 2.28. The molecule has 146 valence electrons. The van der Waals surface area contributed by atoms with Crippen molar-refractivity contribution in [3.05, 3.63) is 77.3 Å². The number of aromatic nitrogens is 2. The van der Waals surface area contributed by atoms with Crippen LogP contribution in [-0.4, -0.2) is 27.5 Å². The molecule has 1 aliphatic carbocycles. The fraction of sp³-hybridized carbons (Fsp3) is 0.190. The first kappa shape index (κ1) is 18.5. The van der Waals surface area contributed by atoms with Crippen LogP contribution in [0, 0.1) is 6.92 Å². The van der Waals surface area contributed by atoms with E-state index >= 15 is 0 Å². The van der Waals surface area contributed by atoms with Crippen molar-refractivity contribution in [1.82, 2.24) is 15.4 Å². The van der Waals surface area contributed by atoms with Gasteiger partial charge >= 0.3 is 0 Å². The van der Waals surface area contributed by atoms with Crippen LogP contribution in [0.3, 0.4) is 0 Å². The zero-order chi connectivity index (χ0) is 20.2. The predicted octanol–water partition coefficient (Wildman–Crippen LogP) is 3.10. The normalized spacial score (nSPS) is 14.3. The van der Waals surface area contributed by atoms with Gasteiger partial charge in [0.05, 0.1) is 17.6 Å². The molecule has 29 heavy (non-hydrogen) atoms. The average Bonchev–Trinajstić information content (AvgIpc) is 3.10. The Labute approximate surface area is 167 Å². The number of anilines is 1. The monoisotopic (exact) mass is 389 g/mol. The number of hydrogen-bond acceptors (Lipinski definition) is 6. The molecule has 0 bridgehead atoms. The summed E-state index contributed by atoms with van der Waals surface area (Å²) in [4.78, 5) is 32.9. The van der Waals surface area contributed by atoms with Crippen molar-refractivity contribution >= 4 is 23.2 Å². The van der Waals surface area contributed by atoms with Gasteiger partial charge in [-0.1, -0.05) is 6.07 Å². The predicted molar refractivity (Wildman–Crippen MR) is 107 cm³/mol. The fourth-order valence-corrected chi connectivity index (χ4v) is 3.29. The van der Waals surface area contributed by atoms with Crippen LogP contribution in [0.15, 0.2) is 58.4 Å². The number of carbonyl (C=O) groups is 2. The molecule has 2 N–H and O–H groups in total. The van der Waals surface area contributed by atoms with E-state index in [0.29, 0.717) is 35.6 Å². The van der Waals surface area contributed by atoms with Gasteiger partial charge in [-0.15, -0.1) is 0 Å². The number of nitrogens with one attached hydrogen (secondary N) is 2. The average molecular weight is 389 g/mol. The SMILES string of the molecule is Cc1c(C(=O)Nc2cccnc2)oc2c1/C(=N/NC(=O)c1ccccn1)CCC2. The topological polar surface area (TPSA) is 109 Å². The lowest BCUT2D eigenvalue weighted by atomic mass is 9.93. The Kier molecular flexibility index (Phi) is 5.15. The summed E-state index contributed by atoms with van der Waals surface area (Å²) >= 11 is 0. The van der Waals surface area contributed by atoms with E-state index in [-0.39, 0.29) is 23.3 Å². The van der Waals surface area contributed by atoms with Gasteiger partial charge in [-0.25, -0.2) is 5.43 Å². The molecule has 0 spiro atoms. The molecule has 8 heteroatoms. The molecular formula is C21H19N5O3. The van der Waals surface area contributed by atoms with E-state index in [1.165, 1.54) is 0 Å². The van der Waals surface area contributed by atoms with Gasteiger partial charge in [0, 0.05) is 29.9 Å². The number of rotatable bonds is 4. The van der Waals surface area contributed by atoms with E-state index in [0.717, 1.165) is 12.0 Å². The lowest BCUT2D eigenvalue weighted by Gasteiger charge is -2.13. The van der Waals surface area contributed by atoms with Gasteiger partial charge in [0.25, 0.3) is 11.8 Å². The first-order valence-electron chi connectivity index (χ1n) is 9.25. The van der Waals surface area contributed by atoms with Crippen LogP contribution in [0.2, 0.25) is 0 Å². The summed E-state index contributed by atoms with van der Waals surface area (Å²) in [6.45, 7) is 1.82. The molecule has 0 unspecified atom stereocenters. The van der Waals surface area contributed by atoms with Gasteiger partial charge in [-0.2, -0.15) is 5.10 Å². The van der Waals surface area contributed by atoms with Crippen LogP contribution in [0.1, 0.15) is 50.8 Å². The zero-order valence-corrected chi connectivity index (χ0v) is 15.8. The van der Waals surface area contributed by atoms with Crippen molar-refractivity contribution in [2.75, 3.05) is 5.32 Å². The van der Waals surface area contributed by atoms with Crippen molar-refractivity contribution in [1.29, 1.82) is 0 Å². The van der Waals surface area contributed by atoms with Crippen LogP contribution < -0.4 is 10.7 Å². The first-order valence-corrected chi connectivity index (χ1v) is 9.25. The third-order valence-electron chi connectivity index (χ3n) is 4.64. The highest BCUT2D eigenvalue weighted by atomic mass is 16.4. The van der Waals surface area contributed by atoms with Crippen molar-refractivity contribution in [3.8, 4) is 0 Å². The molecular weight excluding hydrogens is 370 g/mol. The van der Waals surface area contributed by atoms with E-state index in [4.69, 9.17) is 4.42 Å². The van der Waals surface area contributed by atoms with E-state index in [1.54, 1.807) is 48.9 Å². The summed E-state index contributed by atoms with van der Waals surface area (Å²) in [5.74, 6) is 0.211. The maximum Gasteiger partial charge on any atom is 0.291 e. The Morgan fingerprint density at radius 1 is 1.10 bits per heavy atom. The Hall–Kier alpha value is -3.81. The second-order valence-corrected chi connectivity index (χ2v) is 6.62. The largest absolute Gasteiger partial charge is 0.455 e. The van der Waals surface area contributed by atoms with Gasteiger partial charge in [0.1, 0.15) is 11.5 Å². The molecule has 3 aromatic heterocycles. The highest BCUT2D eigenvalue weighted by molar-refractivity contribution is 6.09. The Bertz CT molecular complexity index is 1070. The van der Waals surface area contributed by atoms with E-state index < -0.39 is 0 Å². The number of hydrogen-bond donors (Lipinski definition) is 2. The Balaban J connectivity index is 1.57. The molecule has 0 saturated heterocycles. The minimum atomic E-state index is -0.388. The van der Waals surface area contributed by atoms with Crippen LogP contribution in [-0.2, 0) is 6.42 Å². The lowest BCUT2D eigenvalue weighted by molar-refractivity contribution is 0.0948. The minimum Gasteiger partial charge on any atom is -0.455 e. The summed E-state index contributed by atoms with van der Waals surface area (Å²) < 4.78 is 5.85. The van der Waals surface area contributed by atoms with Crippen molar-refractivity contribution in [2.45, 2.75) is 26.2 Å². The standard InChI is InChI=1S/C21H19N5O3/c1-13-18-15(25-26-20(27)16-7-2-3-11-23-16)8-4-9-17(18)29-19(13)21(28)24-14-6-5-10-22-12-14/h2-3,5-7,10-12H,4,8-9H2,1H3,(H,24,28)(H,26,27)/b25-15+. The molecule has 0 aromatic carbocycles. The molecule has 0 radical (unpaired) electrons. The maximum absolute atomic E-state index is 12.7. The number of pyridine rings is 2. The second-order valence-electron chi connectivity index (χ2n) is 6.62. The Morgan fingerprint density at radius 3 is 2.76 bits per heavy atom. The van der Waals surface area contributed by atoms with Gasteiger partial charge in [0.2, 0.25) is 0 Å². The van der Waals surface area contributed by atoms with Crippen LogP contribution >= 0.6 is 0 Å². The molecule has 2 amide bonds. The van der Waals surface area contributed by atoms with Crippen LogP contribution in [0.4, 0.5) is 5.69 Å². The number of furan rings is 1. The molecule has 3 aromatic rings. The van der Waals surface area contributed by atoms with Crippen molar-refractivity contribution < 1.29 is 14.0 Å². The molecule has 0 atom stereocenters. The lowest BCUT2D eigenvalue weighted by Crippen LogP contribution is -2.22. The minimum absolute atomic E-state index is 0.240. The third kappa shape index (κ3) is 3.91. The summed E-state index contributed by atoms with van der Waals surface area (Å²) in [6, 6.07) is 8.59. The quantitative estimate of drug-likeness (QED) is 0.667. The van der Waals surface area contributed by atoms with Crippen molar-refractivity contribution in [2.24, 2.45) is 5.10 Å². The molecule has 3 heterocycles. The number of carbonyl (C=O) groups excluding carboxylic acids is 2. The molecule has 4 rings (SSSR count). The van der Waals surface area contributed by atoms with Gasteiger partial charge in [0.15, 0.2) is 5.76 Å². The number of fused-ring (bicyclic) bond motifs is 1. The summed E-state index contributed by atoms with van der Waals surface area (Å²) in [7, 11) is 0. The number of hydrazone groups is 1. The molecule has 8 nitrogen and oxygen atoms in total. The molecule has 0 saturated carbocycles.